The first-order chi connectivity index (χ1) is 7.79. The van der Waals surface area contributed by atoms with E-state index in [0.717, 1.165) is 18.3 Å². The molecule has 0 aromatic heterocycles. The highest BCUT2D eigenvalue weighted by molar-refractivity contribution is 7.99. The van der Waals surface area contributed by atoms with Crippen molar-refractivity contribution in [3.05, 3.63) is 29.3 Å². The van der Waals surface area contributed by atoms with E-state index in [1.165, 1.54) is 28.9 Å². The molecule has 0 radical (unpaired) electrons. The molecule has 1 aliphatic rings. The molecule has 0 saturated heterocycles. The van der Waals surface area contributed by atoms with Crippen molar-refractivity contribution in [1.29, 1.82) is 0 Å². The second-order valence-electron chi connectivity index (χ2n) is 4.32. The normalized spacial score (nSPS) is 15.4. The first-order valence-electron chi connectivity index (χ1n) is 5.86. The molecule has 88 valence electrons. The minimum absolute atomic E-state index is 0.245. The lowest BCUT2D eigenvalue weighted by molar-refractivity contribution is 0.322. The largest absolute Gasteiger partial charge is 0.396 e. The fraction of sp³-hybridized carbons (Fsp3) is 0.538. The summed E-state index contributed by atoms with van der Waals surface area (Å²) in [6.07, 6.45) is 2.67. The molecule has 1 saturated carbocycles. The molecule has 0 atom stereocenters. The van der Waals surface area contributed by atoms with Gasteiger partial charge >= 0.3 is 0 Å². The third-order valence-electron chi connectivity index (χ3n) is 2.83. The molecule has 0 unspecified atom stereocenters. The molecule has 16 heavy (non-hydrogen) atoms. The van der Waals surface area contributed by atoms with E-state index in [0.29, 0.717) is 0 Å². The summed E-state index contributed by atoms with van der Waals surface area (Å²) in [6, 6.07) is 7.33. The zero-order chi connectivity index (χ0) is 11.4. The Morgan fingerprint density at radius 1 is 1.44 bits per heavy atom. The topological polar surface area (TPSA) is 32.3 Å². The van der Waals surface area contributed by atoms with Gasteiger partial charge in [-0.15, -0.1) is 11.8 Å². The number of thioether (sulfide) groups is 1. The molecule has 0 bridgehead atoms. The number of hydrogen-bond acceptors (Lipinski definition) is 3. The standard InChI is InChI=1S/C13H19NOS/c1-10-8-13(16-7-6-15)5-2-11(10)9-14-12-3-4-12/h2,5,8,12,14-15H,3-4,6-7,9H2,1H3. The van der Waals surface area contributed by atoms with E-state index in [4.69, 9.17) is 5.11 Å². The highest BCUT2D eigenvalue weighted by atomic mass is 32.2. The average Bonchev–Trinajstić information content (AvgIpc) is 3.09. The van der Waals surface area contributed by atoms with E-state index >= 15 is 0 Å². The zero-order valence-corrected chi connectivity index (χ0v) is 10.5. The van der Waals surface area contributed by atoms with Crippen molar-refractivity contribution in [1.82, 2.24) is 5.32 Å². The van der Waals surface area contributed by atoms with E-state index in [1.807, 2.05) is 0 Å². The number of rotatable bonds is 6. The maximum absolute atomic E-state index is 8.77. The summed E-state index contributed by atoms with van der Waals surface area (Å²) in [5.41, 5.74) is 2.73. The van der Waals surface area contributed by atoms with Crippen molar-refractivity contribution in [3.8, 4) is 0 Å². The van der Waals surface area contributed by atoms with E-state index in [2.05, 4.69) is 30.4 Å². The van der Waals surface area contributed by atoms with E-state index in [1.54, 1.807) is 11.8 Å². The summed E-state index contributed by atoms with van der Waals surface area (Å²) in [4.78, 5) is 1.25. The Morgan fingerprint density at radius 2 is 2.25 bits per heavy atom. The minimum atomic E-state index is 0.245. The van der Waals surface area contributed by atoms with Crippen LogP contribution in [0.15, 0.2) is 23.1 Å². The van der Waals surface area contributed by atoms with Crippen LogP contribution in [-0.2, 0) is 6.54 Å². The second-order valence-corrected chi connectivity index (χ2v) is 5.48. The van der Waals surface area contributed by atoms with E-state index in [-0.39, 0.29) is 6.61 Å². The molecule has 2 rings (SSSR count). The van der Waals surface area contributed by atoms with Crippen molar-refractivity contribution < 1.29 is 5.11 Å². The number of nitrogens with one attached hydrogen (secondary N) is 1. The lowest BCUT2D eigenvalue weighted by atomic mass is 10.1. The van der Waals surface area contributed by atoms with Crippen molar-refractivity contribution in [2.45, 2.75) is 37.2 Å². The summed E-state index contributed by atoms with van der Waals surface area (Å²) in [7, 11) is 0. The van der Waals surface area contributed by atoms with Gasteiger partial charge in [0.1, 0.15) is 0 Å². The van der Waals surface area contributed by atoms with Gasteiger partial charge in [-0.25, -0.2) is 0 Å². The van der Waals surface area contributed by atoms with Crippen LogP contribution < -0.4 is 5.32 Å². The van der Waals surface area contributed by atoms with Crippen molar-refractivity contribution >= 4 is 11.8 Å². The number of aryl methyl sites for hydroxylation is 1. The van der Waals surface area contributed by atoms with Gasteiger partial charge in [0.25, 0.3) is 0 Å². The molecule has 0 spiro atoms. The lowest BCUT2D eigenvalue weighted by Gasteiger charge is -2.09. The van der Waals surface area contributed by atoms with Crippen LogP contribution in [0.3, 0.4) is 0 Å². The van der Waals surface area contributed by atoms with Gasteiger partial charge in [0, 0.05) is 23.2 Å². The Bertz CT molecular complexity index is 350. The summed E-state index contributed by atoms with van der Waals surface area (Å²) in [5.74, 6) is 0.777. The first kappa shape index (κ1) is 12.0. The van der Waals surface area contributed by atoms with E-state index in [9.17, 15) is 0 Å². The smallest absolute Gasteiger partial charge is 0.0525 e. The van der Waals surface area contributed by atoms with Crippen LogP contribution in [0.25, 0.3) is 0 Å². The predicted octanol–water partition coefficient (Wildman–Crippen LogP) is 2.33. The molecular formula is C13H19NOS. The van der Waals surface area contributed by atoms with Crippen molar-refractivity contribution in [3.63, 3.8) is 0 Å². The van der Waals surface area contributed by atoms with E-state index < -0.39 is 0 Å². The Morgan fingerprint density at radius 3 is 2.88 bits per heavy atom. The van der Waals surface area contributed by atoms with Gasteiger partial charge in [-0.2, -0.15) is 0 Å². The average molecular weight is 237 g/mol. The number of benzene rings is 1. The highest BCUT2D eigenvalue weighted by Crippen LogP contribution is 2.23. The Labute approximate surface area is 101 Å². The Kier molecular flexibility index (Phi) is 4.27. The van der Waals surface area contributed by atoms with Gasteiger partial charge in [0.15, 0.2) is 0 Å². The van der Waals surface area contributed by atoms with Gasteiger partial charge in [-0.05, 0) is 43.0 Å². The van der Waals surface area contributed by atoms with Crippen LogP contribution in [0.4, 0.5) is 0 Å². The lowest BCUT2D eigenvalue weighted by Crippen LogP contribution is -2.15. The quantitative estimate of drug-likeness (QED) is 0.745. The molecule has 1 aromatic carbocycles. The molecule has 2 N–H and O–H groups in total. The summed E-state index contributed by atoms with van der Waals surface area (Å²) < 4.78 is 0. The molecule has 3 heteroatoms. The maximum Gasteiger partial charge on any atom is 0.0525 e. The van der Waals surface area contributed by atoms with Crippen LogP contribution in [0.5, 0.6) is 0 Å². The highest BCUT2D eigenvalue weighted by Gasteiger charge is 2.20. The van der Waals surface area contributed by atoms with Gasteiger partial charge in [0.2, 0.25) is 0 Å². The third-order valence-corrected chi connectivity index (χ3v) is 3.81. The van der Waals surface area contributed by atoms with Crippen LogP contribution in [-0.4, -0.2) is 23.5 Å². The van der Waals surface area contributed by atoms with Crippen LogP contribution in [0.1, 0.15) is 24.0 Å². The number of aliphatic hydroxyl groups excluding tert-OH is 1. The minimum Gasteiger partial charge on any atom is -0.396 e. The molecule has 0 heterocycles. The maximum atomic E-state index is 8.77. The van der Waals surface area contributed by atoms with Crippen LogP contribution in [0, 0.1) is 6.92 Å². The molecule has 2 nitrogen and oxygen atoms in total. The van der Waals surface area contributed by atoms with Crippen molar-refractivity contribution in [2.24, 2.45) is 0 Å². The zero-order valence-electron chi connectivity index (χ0n) is 9.70. The van der Waals surface area contributed by atoms with Crippen molar-refractivity contribution in [2.75, 3.05) is 12.4 Å². The SMILES string of the molecule is Cc1cc(SCCO)ccc1CNC1CC1. The molecule has 1 aliphatic carbocycles. The first-order valence-corrected chi connectivity index (χ1v) is 6.84. The second kappa shape index (κ2) is 5.71. The molecule has 0 aliphatic heterocycles. The van der Waals surface area contributed by atoms with Crippen LogP contribution in [0.2, 0.25) is 0 Å². The monoisotopic (exact) mass is 237 g/mol. The fourth-order valence-electron chi connectivity index (χ4n) is 1.66. The molecule has 1 fully saturated rings. The molecular weight excluding hydrogens is 218 g/mol. The van der Waals surface area contributed by atoms with Gasteiger partial charge in [-0.1, -0.05) is 6.07 Å². The molecule has 0 amide bonds. The predicted molar refractivity (Wildman–Crippen MR) is 68.9 cm³/mol. The summed E-state index contributed by atoms with van der Waals surface area (Å²) >= 11 is 1.71. The van der Waals surface area contributed by atoms with Gasteiger partial charge in [0.05, 0.1) is 6.61 Å². The summed E-state index contributed by atoms with van der Waals surface area (Å²) in [5, 5.41) is 12.3. The summed E-state index contributed by atoms with van der Waals surface area (Å²) in [6.45, 7) is 3.39. The van der Waals surface area contributed by atoms with Gasteiger partial charge < -0.3 is 10.4 Å². The number of hydrogen-bond donors (Lipinski definition) is 2. The Balaban J connectivity index is 1.92. The van der Waals surface area contributed by atoms with Gasteiger partial charge in [-0.3, -0.25) is 0 Å². The van der Waals surface area contributed by atoms with Crippen LogP contribution >= 0.6 is 11.8 Å². The molecule has 1 aromatic rings. The number of aliphatic hydroxyl groups is 1. The third kappa shape index (κ3) is 3.51. The fourth-order valence-corrected chi connectivity index (χ4v) is 2.41. The Hall–Kier alpha value is -0.510.